The summed E-state index contributed by atoms with van der Waals surface area (Å²) in [5, 5.41) is 26.0. The zero-order valence-electron chi connectivity index (χ0n) is 31.5. The number of aliphatic carboxylic acids is 1. The number of aliphatic hydroxyl groups excluding tert-OH is 1. The minimum Gasteiger partial charge on any atom is -0.494 e. The number of carboxylic acid groups (broad SMARTS) is 1. The molecule has 1 aliphatic rings. The maximum absolute atomic E-state index is 13.7. The molecule has 4 atom stereocenters. The number of aromatic nitrogens is 2. The molecule has 54 heavy (non-hydrogen) atoms. The lowest BCUT2D eigenvalue weighted by atomic mass is 9.95. The van der Waals surface area contributed by atoms with Crippen LogP contribution >= 0.6 is 11.3 Å². The van der Waals surface area contributed by atoms with Crippen molar-refractivity contribution in [1.82, 2.24) is 20.6 Å². The van der Waals surface area contributed by atoms with Crippen molar-refractivity contribution in [3.8, 4) is 28.3 Å². The van der Waals surface area contributed by atoms with Crippen molar-refractivity contribution >= 4 is 29.1 Å². The molecule has 4 N–H and O–H groups in total. The molecule has 12 heteroatoms. The summed E-state index contributed by atoms with van der Waals surface area (Å²) in [5.41, 5.74) is 3.16. The summed E-state index contributed by atoms with van der Waals surface area (Å²) < 4.78 is 11.4. The molecule has 2 amide bonds. The zero-order chi connectivity index (χ0) is 38.7. The minimum atomic E-state index is -1.62. The van der Waals surface area contributed by atoms with Crippen LogP contribution in [0, 0.1) is 0 Å². The molecule has 288 valence electrons. The van der Waals surface area contributed by atoms with E-state index in [1.165, 1.54) is 37.0 Å². The molecular weight excluding hydrogens is 705 g/mol. The zero-order valence-corrected chi connectivity index (χ0v) is 32.4. The summed E-state index contributed by atoms with van der Waals surface area (Å²) in [6.45, 7) is 9.48. The van der Waals surface area contributed by atoms with Crippen molar-refractivity contribution in [2.75, 3.05) is 13.2 Å². The van der Waals surface area contributed by atoms with Gasteiger partial charge >= 0.3 is 5.97 Å². The van der Waals surface area contributed by atoms with Gasteiger partial charge in [-0.25, -0.2) is 14.8 Å². The molecule has 0 bridgehead atoms. The Morgan fingerprint density at radius 1 is 0.907 bits per heavy atom. The first kappa shape index (κ1) is 40.5. The Bertz CT molecular complexity index is 1820. The smallest absolute Gasteiger partial charge is 0.329 e. The topological polar surface area (TPSA) is 160 Å². The number of benzene rings is 2. The van der Waals surface area contributed by atoms with E-state index in [0.29, 0.717) is 42.3 Å². The fourth-order valence-corrected chi connectivity index (χ4v) is 7.19. The summed E-state index contributed by atoms with van der Waals surface area (Å²) in [6.07, 6.45) is 8.58. The average molecular weight is 757 g/mol. The number of unbranched alkanes of at least 4 members (excludes halogenated alkanes) is 4. The van der Waals surface area contributed by atoms with Gasteiger partial charge in [0.25, 0.3) is 5.91 Å². The highest BCUT2D eigenvalue weighted by molar-refractivity contribution is 7.14. The lowest BCUT2D eigenvalue weighted by Crippen LogP contribution is -2.58. The molecule has 1 fully saturated rings. The Morgan fingerprint density at radius 3 is 2.20 bits per heavy atom. The molecule has 4 aromatic rings. The van der Waals surface area contributed by atoms with Gasteiger partial charge in [-0.15, -0.1) is 11.3 Å². The van der Waals surface area contributed by atoms with Crippen LogP contribution in [-0.4, -0.2) is 75.5 Å². The van der Waals surface area contributed by atoms with E-state index in [0.717, 1.165) is 33.7 Å². The fraction of sp³-hybridized carbons (Fsp3) is 0.452. The van der Waals surface area contributed by atoms with Gasteiger partial charge < -0.3 is 30.3 Å². The van der Waals surface area contributed by atoms with Gasteiger partial charge in [-0.2, -0.15) is 0 Å². The molecule has 1 saturated heterocycles. The molecule has 3 unspecified atom stereocenters. The van der Waals surface area contributed by atoms with E-state index in [-0.39, 0.29) is 11.8 Å². The number of nitrogens with zero attached hydrogens (tertiary/aromatic N) is 2. The largest absolute Gasteiger partial charge is 0.494 e. The monoisotopic (exact) mass is 756 g/mol. The second kappa shape index (κ2) is 19.1. The quantitative estimate of drug-likeness (QED) is 0.0787. The van der Waals surface area contributed by atoms with Gasteiger partial charge in [0, 0.05) is 41.4 Å². The average Bonchev–Trinajstić information content (AvgIpc) is 3.90. The Kier molecular flexibility index (Phi) is 14.3. The molecule has 3 heterocycles. The predicted octanol–water partition coefficient (Wildman–Crippen LogP) is 6.97. The van der Waals surface area contributed by atoms with Gasteiger partial charge in [0.1, 0.15) is 17.9 Å². The van der Waals surface area contributed by atoms with Crippen molar-refractivity contribution in [3.05, 3.63) is 88.4 Å². The first-order valence-electron chi connectivity index (χ1n) is 18.8. The Balaban J connectivity index is 1.26. The van der Waals surface area contributed by atoms with Crippen LogP contribution in [-0.2, 0) is 26.2 Å². The predicted molar refractivity (Wildman–Crippen MR) is 210 cm³/mol. The van der Waals surface area contributed by atoms with Crippen LogP contribution in [0.1, 0.15) is 92.8 Å². The van der Waals surface area contributed by atoms with E-state index < -0.39 is 42.1 Å². The van der Waals surface area contributed by atoms with Crippen LogP contribution in [0.5, 0.6) is 5.75 Å². The number of aliphatic hydroxyl groups is 1. The summed E-state index contributed by atoms with van der Waals surface area (Å²) in [5.74, 6) is -1.21. The molecule has 2 aromatic carbocycles. The van der Waals surface area contributed by atoms with Gasteiger partial charge in [0.15, 0.2) is 11.9 Å². The second-order valence-electron chi connectivity index (χ2n) is 14.8. The number of carboxylic acids is 1. The number of ether oxygens (including phenoxy) is 2. The number of carbonyl (C=O) groups is 3. The summed E-state index contributed by atoms with van der Waals surface area (Å²) in [4.78, 5) is 49.9. The standard InChI is InChI=1S/C42H52N4O7S/c1-5-6-7-8-9-22-52-31-18-16-28(17-19-31)30-25-43-38(44-26-30)29-14-12-27(13-15-29)24-32(45-40(49)34-20-21-35(54-34)42(2,3)4)39(48)46-36(41(50)51)37(47)33-11-10-23-53-33/h12-21,25-26,32-33,36-37,47H,5-11,22-24H2,1-4H3,(H,45,49)(H,46,48)(H,50,51)/t32-,33?,36?,37?/m0/s1. The number of hydrogen-bond acceptors (Lipinski definition) is 9. The molecule has 11 nitrogen and oxygen atoms in total. The number of thiophene rings is 1. The number of hydrogen-bond donors (Lipinski definition) is 4. The van der Waals surface area contributed by atoms with Gasteiger partial charge in [0.2, 0.25) is 5.91 Å². The highest BCUT2D eigenvalue weighted by atomic mass is 32.1. The molecule has 5 rings (SSSR count). The highest BCUT2D eigenvalue weighted by Crippen LogP contribution is 2.30. The van der Waals surface area contributed by atoms with E-state index in [1.807, 2.05) is 54.6 Å². The molecule has 0 saturated carbocycles. The Labute approximate surface area is 321 Å². The lowest BCUT2D eigenvalue weighted by molar-refractivity contribution is -0.148. The first-order chi connectivity index (χ1) is 25.9. The van der Waals surface area contributed by atoms with E-state index >= 15 is 0 Å². The van der Waals surface area contributed by atoms with E-state index in [9.17, 15) is 24.6 Å². The third-order valence-electron chi connectivity index (χ3n) is 9.45. The fourth-order valence-electron chi connectivity index (χ4n) is 6.23. The first-order valence-corrected chi connectivity index (χ1v) is 19.6. The van der Waals surface area contributed by atoms with Crippen molar-refractivity contribution in [2.24, 2.45) is 0 Å². The van der Waals surface area contributed by atoms with Crippen LogP contribution in [0.3, 0.4) is 0 Å². The van der Waals surface area contributed by atoms with Gasteiger partial charge in [-0.1, -0.05) is 89.8 Å². The normalized spacial score (nSPS) is 16.0. The molecular formula is C42H52N4O7S. The lowest BCUT2D eigenvalue weighted by Gasteiger charge is -2.27. The van der Waals surface area contributed by atoms with Gasteiger partial charge in [-0.3, -0.25) is 9.59 Å². The molecule has 0 spiro atoms. The van der Waals surface area contributed by atoms with Crippen molar-refractivity contribution in [1.29, 1.82) is 0 Å². The van der Waals surface area contributed by atoms with Crippen LogP contribution in [0.2, 0.25) is 0 Å². The molecule has 2 aromatic heterocycles. The second-order valence-corrected chi connectivity index (χ2v) is 15.9. The molecule has 0 aliphatic carbocycles. The van der Waals surface area contributed by atoms with E-state index in [4.69, 9.17) is 9.47 Å². The minimum absolute atomic E-state index is 0.0656. The SMILES string of the molecule is CCCCCCCOc1ccc(-c2cnc(-c3ccc(C[C@H](NC(=O)c4ccc(C(C)(C)C)s4)C(=O)NC(C(=O)O)C(O)C4CCCO4)cc3)nc2)cc1. The number of carbonyl (C=O) groups excluding carboxylic acids is 2. The summed E-state index contributed by atoms with van der Waals surface area (Å²) >= 11 is 1.34. The molecule has 1 aliphatic heterocycles. The van der Waals surface area contributed by atoms with Gasteiger partial charge in [0.05, 0.1) is 17.6 Å². The summed E-state index contributed by atoms with van der Waals surface area (Å²) in [7, 11) is 0. The number of amides is 2. The molecule has 0 radical (unpaired) electrons. The Morgan fingerprint density at radius 2 is 1.59 bits per heavy atom. The van der Waals surface area contributed by atoms with Crippen LogP contribution in [0.15, 0.2) is 73.1 Å². The Hall–Kier alpha value is -4.65. The van der Waals surface area contributed by atoms with Crippen LogP contribution in [0.4, 0.5) is 0 Å². The van der Waals surface area contributed by atoms with Gasteiger partial charge in [-0.05, 0) is 60.1 Å². The van der Waals surface area contributed by atoms with Crippen LogP contribution in [0.25, 0.3) is 22.5 Å². The number of rotatable bonds is 18. The maximum atomic E-state index is 13.7. The van der Waals surface area contributed by atoms with Crippen molar-refractivity contribution in [2.45, 2.75) is 109 Å². The third-order valence-corrected chi connectivity index (χ3v) is 11.0. The van der Waals surface area contributed by atoms with Crippen LogP contribution < -0.4 is 15.4 Å². The summed E-state index contributed by atoms with van der Waals surface area (Å²) in [6, 6.07) is 16.1. The van der Waals surface area contributed by atoms with Crippen molar-refractivity contribution in [3.63, 3.8) is 0 Å². The number of nitrogens with one attached hydrogen (secondary N) is 2. The van der Waals surface area contributed by atoms with E-state index in [1.54, 1.807) is 18.5 Å². The maximum Gasteiger partial charge on any atom is 0.329 e. The van der Waals surface area contributed by atoms with Crippen molar-refractivity contribution < 1.29 is 34.1 Å². The van der Waals surface area contributed by atoms with E-state index in [2.05, 4.69) is 48.3 Å². The third kappa shape index (κ3) is 11.2. The highest BCUT2D eigenvalue weighted by Gasteiger charge is 2.38.